The number of nitrogens with two attached hydrogens (primary N) is 1. The monoisotopic (exact) mass is 442 g/mol. The highest BCUT2D eigenvalue weighted by Crippen LogP contribution is 2.07. The van der Waals surface area contributed by atoms with Crippen molar-refractivity contribution < 1.29 is 29.0 Å². The lowest BCUT2D eigenvalue weighted by Gasteiger charge is -2.21. The molecule has 2 aromatic rings. The fraction of sp³-hybridized carbons (Fsp3) is 0.273. The molecule has 10 nitrogen and oxygen atoms in total. The van der Waals surface area contributed by atoms with Gasteiger partial charge < -0.3 is 25.6 Å². The molecule has 2 amide bonds. The quantitative estimate of drug-likeness (QED) is 0.326. The Balaban J connectivity index is 1.80. The summed E-state index contributed by atoms with van der Waals surface area (Å²) in [6, 6.07) is 16.7. The number of amides is 2. The Morgan fingerprint density at radius 3 is 2.00 bits per heavy atom. The highest BCUT2D eigenvalue weighted by Gasteiger charge is 2.23. The van der Waals surface area contributed by atoms with E-state index in [4.69, 9.17) is 20.6 Å². The number of hydrogen-bond acceptors (Lipinski definition) is 6. The van der Waals surface area contributed by atoms with Gasteiger partial charge in [-0.1, -0.05) is 60.7 Å². The van der Waals surface area contributed by atoms with E-state index in [9.17, 15) is 19.5 Å². The van der Waals surface area contributed by atoms with Crippen LogP contribution >= 0.6 is 0 Å². The molecule has 0 fully saturated rings. The smallest absolute Gasteiger partial charge is 0.416 e. The standard InChI is InChI=1S/C22H26N4O6/c23-20(24)26(22(30)32-15-17-10-5-2-6-11-17)13-7-12-18(19(27)28)25-21(29)31-14-16-8-3-1-4-9-16/h1-6,8-11,18H,7,12-15H2,(H3,23,24)(H,25,29)(H,27,28)/t18-/m0/s1. The lowest BCUT2D eigenvalue weighted by molar-refractivity contribution is -0.139. The van der Waals surface area contributed by atoms with E-state index in [0.717, 1.165) is 16.0 Å². The molecule has 0 aliphatic carbocycles. The van der Waals surface area contributed by atoms with Gasteiger partial charge in [0, 0.05) is 6.54 Å². The number of ether oxygens (including phenoxy) is 2. The summed E-state index contributed by atoms with van der Waals surface area (Å²) in [6.07, 6.45) is -1.54. The maximum absolute atomic E-state index is 12.2. The van der Waals surface area contributed by atoms with Crippen molar-refractivity contribution in [1.82, 2.24) is 10.2 Å². The lowest BCUT2D eigenvalue weighted by Crippen LogP contribution is -2.44. The zero-order chi connectivity index (χ0) is 23.3. The second-order valence-electron chi connectivity index (χ2n) is 6.82. The second kappa shape index (κ2) is 12.6. The molecular formula is C22H26N4O6. The first-order valence-corrected chi connectivity index (χ1v) is 9.89. The zero-order valence-electron chi connectivity index (χ0n) is 17.4. The first-order chi connectivity index (χ1) is 15.4. The van der Waals surface area contributed by atoms with Crippen LogP contribution in [0, 0.1) is 5.41 Å². The second-order valence-corrected chi connectivity index (χ2v) is 6.82. The minimum atomic E-state index is -1.25. The third-order valence-electron chi connectivity index (χ3n) is 4.39. The van der Waals surface area contributed by atoms with Crippen LogP contribution in [-0.2, 0) is 27.5 Å². The summed E-state index contributed by atoms with van der Waals surface area (Å²) < 4.78 is 10.2. The normalized spacial score (nSPS) is 11.1. The zero-order valence-corrected chi connectivity index (χ0v) is 17.4. The summed E-state index contributed by atoms with van der Waals surface area (Å²) in [7, 11) is 0. The molecule has 170 valence electrons. The third kappa shape index (κ3) is 8.34. The number of carboxylic acids is 1. The summed E-state index contributed by atoms with van der Waals surface area (Å²) in [5.74, 6) is -1.77. The van der Waals surface area contributed by atoms with Crippen LogP contribution in [-0.4, -0.2) is 46.7 Å². The van der Waals surface area contributed by atoms with Crippen molar-refractivity contribution in [3.8, 4) is 0 Å². The molecule has 0 saturated carbocycles. The maximum atomic E-state index is 12.2. The number of carbonyl (C=O) groups excluding carboxylic acids is 2. The van der Waals surface area contributed by atoms with Gasteiger partial charge in [-0.15, -0.1) is 0 Å². The number of rotatable bonds is 10. The first-order valence-electron chi connectivity index (χ1n) is 9.89. The predicted octanol–water partition coefficient (Wildman–Crippen LogP) is 2.68. The van der Waals surface area contributed by atoms with Crippen LogP contribution in [0.25, 0.3) is 0 Å². The highest BCUT2D eigenvalue weighted by atomic mass is 16.6. The van der Waals surface area contributed by atoms with E-state index in [1.165, 1.54) is 0 Å². The van der Waals surface area contributed by atoms with E-state index in [1.54, 1.807) is 48.5 Å². The Bertz CT molecular complexity index is 907. The average molecular weight is 442 g/mol. The fourth-order valence-corrected chi connectivity index (χ4v) is 2.73. The van der Waals surface area contributed by atoms with Crippen LogP contribution in [0.5, 0.6) is 0 Å². The van der Waals surface area contributed by atoms with Crippen molar-refractivity contribution >= 4 is 24.1 Å². The number of guanidine groups is 1. The third-order valence-corrected chi connectivity index (χ3v) is 4.39. The van der Waals surface area contributed by atoms with Gasteiger partial charge in [-0.2, -0.15) is 0 Å². The number of benzene rings is 2. The number of nitrogens with one attached hydrogen (secondary N) is 2. The largest absolute Gasteiger partial charge is 0.480 e. The molecule has 5 N–H and O–H groups in total. The highest BCUT2D eigenvalue weighted by molar-refractivity contribution is 5.91. The van der Waals surface area contributed by atoms with Crippen molar-refractivity contribution in [2.75, 3.05) is 6.54 Å². The molecule has 10 heteroatoms. The van der Waals surface area contributed by atoms with Gasteiger partial charge in [-0.25, -0.2) is 19.3 Å². The SMILES string of the molecule is N=C(N)N(CCC[C@H](NC(=O)OCc1ccccc1)C(=O)O)C(=O)OCc1ccccc1. The van der Waals surface area contributed by atoms with Crippen LogP contribution in [0.15, 0.2) is 60.7 Å². The average Bonchev–Trinajstić information content (AvgIpc) is 2.79. The Labute approximate surface area is 185 Å². The molecule has 0 bridgehead atoms. The summed E-state index contributed by atoms with van der Waals surface area (Å²) in [4.78, 5) is 36.5. The Morgan fingerprint density at radius 2 is 1.50 bits per heavy atom. The Hall–Kier alpha value is -4.08. The van der Waals surface area contributed by atoms with Gasteiger partial charge >= 0.3 is 18.2 Å². The number of hydrogen-bond donors (Lipinski definition) is 4. The number of aliphatic carboxylic acids is 1. The van der Waals surface area contributed by atoms with Crippen LogP contribution in [0.4, 0.5) is 9.59 Å². The van der Waals surface area contributed by atoms with E-state index in [-0.39, 0.29) is 32.6 Å². The van der Waals surface area contributed by atoms with Gasteiger partial charge in [0.2, 0.25) is 0 Å². The van der Waals surface area contributed by atoms with E-state index >= 15 is 0 Å². The van der Waals surface area contributed by atoms with Crippen molar-refractivity contribution in [3.05, 3.63) is 71.8 Å². The van der Waals surface area contributed by atoms with Crippen LogP contribution in [0.3, 0.4) is 0 Å². The molecule has 1 atom stereocenters. The van der Waals surface area contributed by atoms with E-state index < -0.39 is 30.2 Å². The summed E-state index contributed by atoms with van der Waals surface area (Å²) in [6.45, 7) is -0.0339. The van der Waals surface area contributed by atoms with Gasteiger partial charge in [0.25, 0.3) is 0 Å². The molecule has 32 heavy (non-hydrogen) atoms. The molecule has 0 aromatic heterocycles. The van der Waals surface area contributed by atoms with Crippen molar-refractivity contribution in [3.63, 3.8) is 0 Å². The van der Waals surface area contributed by atoms with Crippen LogP contribution in [0.1, 0.15) is 24.0 Å². The number of carbonyl (C=O) groups is 3. The Kier molecular flexibility index (Phi) is 9.51. The lowest BCUT2D eigenvalue weighted by atomic mass is 10.1. The van der Waals surface area contributed by atoms with Gasteiger partial charge in [0.1, 0.15) is 19.3 Å². The predicted molar refractivity (Wildman–Crippen MR) is 116 cm³/mol. The molecule has 0 aliphatic heterocycles. The minimum absolute atomic E-state index is 0.00435. The number of alkyl carbamates (subject to hydrolysis) is 1. The first kappa shape index (κ1) is 24.2. The molecule has 0 radical (unpaired) electrons. The molecule has 0 spiro atoms. The maximum Gasteiger partial charge on any atom is 0.416 e. The van der Waals surface area contributed by atoms with Crippen molar-refractivity contribution in [2.24, 2.45) is 5.73 Å². The van der Waals surface area contributed by atoms with Gasteiger partial charge in [-0.3, -0.25) is 5.41 Å². The topological polar surface area (TPSA) is 155 Å². The molecule has 2 rings (SSSR count). The van der Waals surface area contributed by atoms with E-state index in [1.807, 2.05) is 12.1 Å². The summed E-state index contributed by atoms with van der Waals surface area (Å²) in [5.41, 5.74) is 7.00. The number of carboxylic acid groups (broad SMARTS) is 1. The van der Waals surface area contributed by atoms with Crippen molar-refractivity contribution in [2.45, 2.75) is 32.1 Å². The summed E-state index contributed by atoms with van der Waals surface area (Å²) >= 11 is 0. The molecule has 0 heterocycles. The Morgan fingerprint density at radius 1 is 0.969 bits per heavy atom. The molecule has 0 unspecified atom stereocenters. The van der Waals surface area contributed by atoms with Gasteiger partial charge in [0.05, 0.1) is 0 Å². The molecule has 0 saturated heterocycles. The van der Waals surface area contributed by atoms with E-state index in [0.29, 0.717) is 0 Å². The summed E-state index contributed by atoms with van der Waals surface area (Å²) in [5, 5.41) is 19.2. The van der Waals surface area contributed by atoms with Crippen molar-refractivity contribution in [1.29, 1.82) is 5.41 Å². The van der Waals surface area contributed by atoms with Gasteiger partial charge in [-0.05, 0) is 24.0 Å². The molecule has 0 aliphatic rings. The molecule has 2 aromatic carbocycles. The minimum Gasteiger partial charge on any atom is -0.480 e. The van der Waals surface area contributed by atoms with E-state index in [2.05, 4.69) is 5.32 Å². The number of nitrogens with zero attached hydrogens (tertiary/aromatic N) is 1. The molecular weight excluding hydrogens is 416 g/mol. The van der Waals surface area contributed by atoms with Crippen LogP contribution in [0.2, 0.25) is 0 Å². The van der Waals surface area contributed by atoms with Gasteiger partial charge in [0.15, 0.2) is 5.96 Å². The van der Waals surface area contributed by atoms with Crippen LogP contribution < -0.4 is 11.1 Å². The fourth-order valence-electron chi connectivity index (χ4n) is 2.73.